The van der Waals surface area contributed by atoms with E-state index in [-0.39, 0.29) is 6.10 Å². The van der Waals surface area contributed by atoms with E-state index in [1.54, 1.807) is 12.4 Å². The number of ether oxygens (including phenoxy) is 1. The summed E-state index contributed by atoms with van der Waals surface area (Å²) in [6.45, 7) is 1.44. The predicted molar refractivity (Wildman–Crippen MR) is 68.7 cm³/mol. The lowest BCUT2D eigenvalue weighted by Gasteiger charge is -2.16. The molecule has 0 aliphatic carbocycles. The summed E-state index contributed by atoms with van der Waals surface area (Å²) in [7, 11) is 0. The summed E-state index contributed by atoms with van der Waals surface area (Å²) in [6.07, 6.45) is 5.53. The van der Waals surface area contributed by atoms with Gasteiger partial charge in [-0.05, 0) is 6.42 Å². The van der Waals surface area contributed by atoms with Crippen molar-refractivity contribution in [2.75, 3.05) is 18.5 Å². The summed E-state index contributed by atoms with van der Waals surface area (Å²) >= 11 is 5.74. The molecular weight excluding hydrogens is 268 g/mol. The molecule has 0 unspecified atom stereocenters. The van der Waals surface area contributed by atoms with Crippen molar-refractivity contribution in [2.24, 2.45) is 5.92 Å². The minimum absolute atomic E-state index is 0.0534. The second-order valence-corrected chi connectivity index (χ2v) is 4.75. The summed E-state index contributed by atoms with van der Waals surface area (Å²) < 4.78 is 5.68. The molecule has 0 radical (unpaired) electrons. The number of nitrogens with zero attached hydrogens (tertiary/aromatic N) is 4. The Morgan fingerprint density at radius 3 is 2.95 bits per heavy atom. The Bertz CT molecular complexity index is 516. The number of rotatable bonds is 4. The smallest absolute Gasteiger partial charge is 0.222 e. The molecule has 2 N–H and O–H groups in total. The van der Waals surface area contributed by atoms with E-state index in [1.165, 1.54) is 6.33 Å². The summed E-state index contributed by atoms with van der Waals surface area (Å²) in [6, 6.07) is 0. The second-order valence-electron chi connectivity index (χ2n) is 4.32. The first kappa shape index (κ1) is 12.3. The van der Waals surface area contributed by atoms with Crippen LogP contribution in [0.2, 0.25) is 5.02 Å². The molecule has 0 amide bonds. The molecule has 2 aromatic rings. The van der Waals surface area contributed by atoms with Crippen molar-refractivity contribution >= 4 is 17.5 Å². The number of nitrogens with one attached hydrogen (secondary N) is 2. The second kappa shape index (κ2) is 5.50. The van der Waals surface area contributed by atoms with Gasteiger partial charge in [-0.25, -0.2) is 15.0 Å². The fraction of sp³-hybridized carbons (Fsp3) is 0.455. The highest BCUT2D eigenvalue weighted by Gasteiger charge is 2.31. The van der Waals surface area contributed by atoms with Crippen LogP contribution < -0.4 is 5.32 Å². The predicted octanol–water partition coefficient (Wildman–Crippen LogP) is 1.44. The number of aromatic amines is 1. The maximum absolute atomic E-state index is 5.74. The zero-order valence-electron chi connectivity index (χ0n) is 10.1. The van der Waals surface area contributed by atoms with Crippen LogP contribution >= 0.6 is 11.6 Å². The molecule has 1 aliphatic rings. The number of hydrogen-bond acceptors (Lipinski definition) is 6. The van der Waals surface area contributed by atoms with Gasteiger partial charge in [0.25, 0.3) is 0 Å². The molecule has 0 aromatic carbocycles. The maximum Gasteiger partial charge on any atom is 0.222 e. The van der Waals surface area contributed by atoms with Crippen molar-refractivity contribution < 1.29 is 4.74 Å². The molecule has 19 heavy (non-hydrogen) atoms. The van der Waals surface area contributed by atoms with Gasteiger partial charge in [-0.1, -0.05) is 11.6 Å². The zero-order chi connectivity index (χ0) is 13.1. The molecule has 1 aliphatic heterocycles. The standard InChI is InChI=1S/C11H13ClN6O/c12-8-4-14-11(15-5-8)13-3-7-1-2-19-9(7)10-16-6-17-18-10/h4-7,9H,1-3H2,(H,13,14,15)(H,16,17,18)/t7-,9-/m0/s1. The fourth-order valence-electron chi connectivity index (χ4n) is 2.12. The number of anilines is 1. The van der Waals surface area contributed by atoms with E-state index in [0.29, 0.717) is 23.4 Å². The van der Waals surface area contributed by atoms with Crippen LogP contribution in [0.1, 0.15) is 18.3 Å². The number of aromatic nitrogens is 5. The molecule has 3 heterocycles. The monoisotopic (exact) mass is 280 g/mol. The van der Waals surface area contributed by atoms with E-state index in [0.717, 1.165) is 18.9 Å². The van der Waals surface area contributed by atoms with Crippen molar-refractivity contribution in [1.29, 1.82) is 0 Å². The van der Waals surface area contributed by atoms with Crippen molar-refractivity contribution in [3.8, 4) is 0 Å². The van der Waals surface area contributed by atoms with E-state index >= 15 is 0 Å². The van der Waals surface area contributed by atoms with E-state index in [4.69, 9.17) is 16.3 Å². The van der Waals surface area contributed by atoms with Crippen LogP contribution in [0.15, 0.2) is 18.7 Å². The van der Waals surface area contributed by atoms with E-state index < -0.39 is 0 Å². The third kappa shape index (κ3) is 2.82. The van der Waals surface area contributed by atoms with Crippen molar-refractivity contribution in [1.82, 2.24) is 25.1 Å². The highest BCUT2D eigenvalue weighted by molar-refractivity contribution is 6.30. The van der Waals surface area contributed by atoms with Gasteiger partial charge in [0.2, 0.25) is 5.95 Å². The molecule has 1 fully saturated rings. The van der Waals surface area contributed by atoms with E-state index in [9.17, 15) is 0 Å². The van der Waals surface area contributed by atoms with Gasteiger partial charge in [0.1, 0.15) is 12.4 Å². The first-order chi connectivity index (χ1) is 9.33. The number of H-pyrrole nitrogens is 1. The summed E-state index contributed by atoms with van der Waals surface area (Å²) in [5, 5.41) is 10.4. The Morgan fingerprint density at radius 1 is 1.37 bits per heavy atom. The van der Waals surface area contributed by atoms with Crippen LogP contribution in [-0.2, 0) is 4.74 Å². The first-order valence-corrected chi connectivity index (χ1v) is 6.39. The van der Waals surface area contributed by atoms with Crippen LogP contribution in [0.4, 0.5) is 5.95 Å². The molecule has 8 heteroatoms. The molecule has 2 atom stereocenters. The summed E-state index contributed by atoms with van der Waals surface area (Å²) in [5.74, 6) is 1.64. The normalized spacial score (nSPS) is 22.6. The first-order valence-electron chi connectivity index (χ1n) is 6.01. The quantitative estimate of drug-likeness (QED) is 0.881. The van der Waals surface area contributed by atoms with Gasteiger partial charge >= 0.3 is 0 Å². The van der Waals surface area contributed by atoms with Gasteiger partial charge in [0, 0.05) is 19.1 Å². The lowest BCUT2D eigenvalue weighted by molar-refractivity contribution is 0.0864. The van der Waals surface area contributed by atoms with Crippen molar-refractivity contribution in [2.45, 2.75) is 12.5 Å². The molecule has 2 aromatic heterocycles. The van der Waals surface area contributed by atoms with Gasteiger partial charge in [-0.15, -0.1) is 0 Å². The highest BCUT2D eigenvalue weighted by Crippen LogP contribution is 2.32. The minimum Gasteiger partial charge on any atom is -0.370 e. The Balaban J connectivity index is 1.61. The number of halogens is 1. The zero-order valence-corrected chi connectivity index (χ0v) is 10.8. The third-order valence-corrected chi connectivity index (χ3v) is 3.26. The molecule has 0 saturated carbocycles. The summed E-state index contributed by atoms with van der Waals surface area (Å²) in [5.41, 5.74) is 0. The lowest BCUT2D eigenvalue weighted by Crippen LogP contribution is -2.19. The summed E-state index contributed by atoms with van der Waals surface area (Å²) in [4.78, 5) is 12.3. The van der Waals surface area contributed by atoms with Crippen molar-refractivity contribution in [3.05, 3.63) is 29.6 Å². The molecule has 7 nitrogen and oxygen atoms in total. The van der Waals surface area contributed by atoms with Gasteiger partial charge in [-0.3, -0.25) is 5.10 Å². The minimum atomic E-state index is -0.0534. The Kier molecular flexibility index (Phi) is 3.56. The van der Waals surface area contributed by atoms with E-state index in [1.807, 2.05) is 0 Å². The molecule has 3 rings (SSSR count). The maximum atomic E-state index is 5.74. The number of hydrogen-bond donors (Lipinski definition) is 2. The fourth-order valence-corrected chi connectivity index (χ4v) is 2.22. The van der Waals surface area contributed by atoms with Crippen LogP contribution in [0.25, 0.3) is 0 Å². The molecular formula is C11H13ClN6O. The van der Waals surface area contributed by atoms with E-state index in [2.05, 4.69) is 30.5 Å². The lowest BCUT2D eigenvalue weighted by atomic mass is 10.0. The average molecular weight is 281 g/mol. The Labute approximate surface area is 114 Å². The van der Waals surface area contributed by atoms with Crippen LogP contribution in [-0.4, -0.2) is 38.3 Å². The van der Waals surface area contributed by atoms with Crippen LogP contribution in [0.5, 0.6) is 0 Å². The van der Waals surface area contributed by atoms with Gasteiger partial charge in [0.15, 0.2) is 5.82 Å². The molecule has 0 spiro atoms. The third-order valence-electron chi connectivity index (χ3n) is 3.06. The van der Waals surface area contributed by atoms with Crippen molar-refractivity contribution in [3.63, 3.8) is 0 Å². The molecule has 1 saturated heterocycles. The molecule has 0 bridgehead atoms. The largest absolute Gasteiger partial charge is 0.370 e. The van der Waals surface area contributed by atoms with Gasteiger partial charge in [0.05, 0.1) is 17.4 Å². The van der Waals surface area contributed by atoms with Gasteiger partial charge in [-0.2, -0.15) is 5.10 Å². The van der Waals surface area contributed by atoms with Crippen LogP contribution in [0, 0.1) is 5.92 Å². The Morgan fingerprint density at radius 2 is 2.21 bits per heavy atom. The van der Waals surface area contributed by atoms with Crippen LogP contribution in [0.3, 0.4) is 0 Å². The molecule has 100 valence electrons. The topological polar surface area (TPSA) is 88.6 Å². The highest BCUT2D eigenvalue weighted by atomic mass is 35.5. The SMILES string of the molecule is Clc1cnc(NC[C@@H]2CCO[C@@H]2c2ncn[nH]2)nc1. The average Bonchev–Trinajstić information content (AvgIpc) is 3.08. The Hall–Kier alpha value is -1.73. The van der Waals surface area contributed by atoms with Gasteiger partial charge < -0.3 is 10.1 Å².